The Morgan fingerprint density at radius 3 is 2.00 bits per heavy atom. The van der Waals surface area contributed by atoms with Crippen molar-refractivity contribution in [2.45, 2.75) is 45.4 Å². The van der Waals surface area contributed by atoms with Crippen molar-refractivity contribution in [3.05, 3.63) is 113 Å². The summed E-state index contributed by atoms with van der Waals surface area (Å²) in [6, 6.07) is 28.1. The second-order valence-corrected chi connectivity index (χ2v) is 9.21. The first-order chi connectivity index (χ1) is 17.1. The number of esters is 1. The van der Waals surface area contributed by atoms with Crippen molar-refractivity contribution in [3.8, 4) is 28.0 Å². The molecule has 5 rings (SSSR count). The van der Waals surface area contributed by atoms with Crippen LogP contribution in [-0.4, -0.2) is 5.97 Å². The number of benzene rings is 4. The Morgan fingerprint density at radius 1 is 0.771 bits per heavy atom. The van der Waals surface area contributed by atoms with Crippen molar-refractivity contribution in [2.24, 2.45) is 0 Å². The second kappa shape index (κ2) is 9.87. The van der Waals surface area contributed by atoms with Gasteiger partial charge in [0.2, 0.25) is 0 Å². The number of rotatable bonds is 6. The number of aryl methyl sites for hydroxylation is 2. The highest BCUT2D eigenvalue weighted by Gasteiger charge is 2.32. The quantitative estimate of drug-likeness (QED) is 0.214. The Kier molecular flexibility index (Phi) is 6.50. The van der Waals surface area contributed by atoms with E-state index in [1.165, 1.54) is 11.1 Å². The molecule has 1 unspecified atom stereocenters. The summed E-state index contributed by atoms with van der Waals surface area (Å²) < 4.78 is 20.9. The van der Waals surface area contributed by atoms with Crippen molar-refractivity contribution in [2.75, 3.05) is 0 Å². The van der Waals surface area contributed by atoms with Crippen molar-refractivity contribution in [1.29, 1.82) is 0 Å². The molecule has 0 saturated carbocycles. The maximum atomic E-state index is 15.4. The number of ether oxygens (including phenoxy) is 1. The summed E-state index contributed by atoms with van der Waals surface area (Å²) in [6.07, 6.45) is 3.56. The first-order valence-electron chi connectivity index (χ1n) is 12.4. The lowest BCUT2D eigenvalue weighted by Gasteiger charge is -2.25. The summed E-state index contributed by atoms with van der Waals surface area (Å²) in [7, 11) is 0. The van der Waals surface area contributed by atoms with Gasteiger partial charge in [-0.3, -0.25) is 4.79 Å². The van der Waals surface area contributed by atoms with Crippen LogP contribution in [0.2, 0.25) is 0 Å². The van der Waals surface area contributed by atoms with Crippen molar-refractivity contribution in [1.82, 2.24) is 0 Å². The molecule has 0 spiro atoms. The Balaban J connectivity index is 1.37. The van der Waals surface area contributed by atoms with Gasteiger partial charge in [0.25, 0.3) is 0 Å². The number of hydrogen-bond acceptors (Lipinski definition) is 2. The summed E-state index contributed by atoms with van der Waals surface area (Å²) in [4.78, 5) is 12.9. The number of carbonyl (C=O) groups excluding carboxylic acids is 1. The molecule has 0 N–H and O–H groups in total. The molecule has 35 heavy (non-hydrogen) atoms. The predicted molar refractivity (Wildman–Crippen MR) is 139 cm³/mol. The van der Waals surface area contributed by atoms with Gasteiger partial charge >= 0.3 is 5.97 Å². The van der Waals surface area contributed by atoms with E-state index < -0.39 is 17.7 Å². The van der Waals surface area contributed by atoms with Crippen molar-refractivity contribution in [3.63, 3.8) is 0 Å². The molecule has 0 fully saturated rings. The van der Waals surface area contributed by atoms with Gasteiger partial charge in [0, 0.05) is 5.56 Å². The van der Waals surface area contributed by atoms with Crippen molar-refractivity contribution < 1.29 is 13.9 Å². The first kappa shape index (κ1) is 23.0. The lowest BCUT2D eigenvalue weighted by Crippen LogP contribution is -2.26. The van der Waals surface area contributed by atoms with Gasteiger partial charge in [-0.05, 0) is 58.2 Å². The van der Waals surface area contributed by atoms with Gasteiger partial charge in [-0.1, -0.05) is 105 Å². The Labute approximate surface area is 206 Å². The average Bonchev–Trinajstić information content (AvgIpc) is 2.90. The minimum atomic E-state index is -0.472. The van der Waals surface area contributed by atoms with E-state index in [2.05, 4.69) is 38.1 Å². The largest absolute Gasteiger partial charge is 0.423 e. The number of halogens is 1. The maximum Gasteiger partial charge on any atom is 0.319 e. The molecule has 2 nitrogen and oxygen atoms in total. The number of fused-ring (bicyclic) bond motifs is 1. The van der Waals surface area contributed by atoms with Gasteiger partial charge in [0.1, 0.15) is 0 Å². The fourth-order valence-corrected chi connectivity index (χ4v) is 4.80. The first-order valence-corrected chi connectivity index (χ1v) is 12.4. The number of hydrogen-bond donors (Lipinski definition) is 0. The SMILES string of the molecule is CCCc1ccc(-c2ccc(C3Cc4ccc(-c5ccc(CC)cc5)c(F)c4OC3=O)cc2)cc1. The average molecular weight is 465 g/mol. The van der Waals surface area contributed by atoms with E-state index in [-0.39, 0.29) is 5.75 Å². The monoisotopic (exact) mass is 464 g/mol. The lowest BCUT2D eigenvalue weighted by atomic mass is 9.87. The van der Waals surface area contributed by atoms with Crippen LogP contribution >= 0.6 is 0 Å². The zero-order valence-corrected chi connectivity index (χ0v) is 20.2. The van der Waals surface area contributed by atoms with E-state index >= 15 is 4.39 Å². The minimum Gasteiger partial charge on any atom is -0.423 e. The summed E-state index contributed by atoms with van der Waals surface area (Å²) in [5.41, 5.74) is 7.61. The second-order valence-electron chi connectivity index (χ2n) is 9.21. The summed E-state index contributed by atoms with van der Waals surface area (Å²) in [5, 5.41) is 0. The highest BCUT2D eigenvalue weighted by molar-refractivity contribution is 5.84. The van der Waals surface area contributed by atoms with Crippen LogP contribution in [-0.2, 0) is 24.1 Å². The third-order valence-electron chi connectivity index (χ3n) is 6.90. The third-order valence-corrected chi connectivity index (χ3v) is 6.90. The normalized spacial score (nSPS) is 14.9. The molecule has 0 bridgehead atoms. The molecule has 4 aromatic rings. The van der Waals surface area contributed by atoms with Gasteiger partial charge in [0.05, 0.1) is 5.92 Å². The summed E-state index contributed by atoms with van der Waals surface area (Å²) >= 11 is 0. The van der Waals surface area contributed by atoms with E-state index in [0.29, 0.717) is 12.0 Å². The topological polar surface area (TPSA) is 26.3 Å². The van der Waals surface area contributed by atoms with Gasteiger partial charge in [-0.25, -0.2) is 4.39 Å². The highest BCUT2D eigenvalue weighted by Crippen LogP contribution is 2.39. The summed E-state index contributed by atoms with van der Waals surface area (Å²) in [6.45, 7) is 4.27. The lowest BCUT2D eigenvalue weighted by molar-refractivity contribution is -0.137. The van der Waals surface area contributed by atoms with Crippen molar-refractivity contribution >= 4 is 5.97 Å². The Morgan fingerprint density at radius 2 is 1.37 bits per heavy atom. The fourth-order valence-electron chi connectivity index (χ4n) is 4.80. The standard InChI is InChI=1S/C32H29FO2/c1-3-5-22-8-10-23(11-9-22)24-14-16-26(17-15-24)29-20-27-18-19-28(30(33)31(27)35-32(29)34)25-12-6-21(4-2)7-13-25/h6-19,29H,3-5,20H2,1-2H3. The van der Waals surface area contributed by atoms with Crippen LogP contribution < -0.4 is 4.74 Å². The molecule has 3 heteroatoms. The molecule has 176 valence electrons. The van der Waals surface area contributed by atoms with Crippen LogP contribution in [0.5, 0.6) is 5.75 Å². The number of carbonyl (C=O) groups is 1. The molecule has 0 aliphatic carbocycles. The fraction of sp³-hybridized carbons (Fsp3) is 0.219. The van der Waals surface area contributed by atoms with E-state index in [9.17, 15) is 4.79 Å². The molecule has 0 radical (unpaired) electrons. The molecule has 0 aromatic heterocycles. The maximum absolute atomic E-state index is 15.4. The Bertz CT molecular complexity index is 1340. The van der Waals surface area contributed by atoms with Gasteiger partial charge in [-0.15, -0.1) is 0 Å². The van der Waals surface area contributed by atoms with Crippen LogP contribution in [0.15, 0.2) is 84.9 Å². The van der Waals surface area contributed by atoms with E-state index in [0.717, 1.165) is 47.1 Å². The summed E-state index contributed by atoms with van der Waals surface area (Å²) in [5.74, 6) is -1.27. The van der Waals surface area contributed by atoms with Crippen LogP contribution in [0.4, 0.5) is 4.39 Å². The molecule has 1 aliphatic heterocycles. The van der Waals surface area contributed by atoms with Crippen LogP contribution in [0, 0.1) is 5.82 Å². The van der Waals surface area contributed by atoms with Gasteiger partial charge in [0.15, 0.2) is 11.6 Å². The smallest absolute Gasteiger partial charge is 0.319 e. The molecular weight excluding hydrogens is 435 g/mol. The predicted octanol–water partition coefficient (Wildman–Crippen LogP) is 7.92. The zero-order valence-electron chi connectivity index (χ0n) is 20.2. The van der Waals surface area contributed by atoms with Crippen LogP contribution in [0.1, 0.15) is 48.4 Å². The molecular formula is C32H29FO2. The Hall–Kier alpha value is -3.72. The molecule has 0 saturated heterocycles. The van der Waals surface area contributed by atoms with Gasteiger partial charge < -0.3 is 4.74 Å². The highest BCUT2D eigenvalue weighted by atomic mass is 19.1. The molecule has 1 atom stereocenters. The minimum absolute atomic E-state index is 0.0621. The molecule has 1 heterocycles. The third kappa shape index (κ3) is 4.64. The molecule has 1 aliphatic rings. The van der Waals surface area contributed by atoms with E-state index in [1.54, 1.807) is 6.07 Å². The van der Waals surface area contributed by atoms with Gasteiger partial charge in [-0.2, -0.15) is 0 Å². The molecule has 4 aromatic carbocycles. The zero-order chi connectivity index (χ0) is 24.4. The van der Waals surface area contributed by atoms with Crippen LogP contribution in [0.3, 0.4) is 0 Å². The van der Waals surface area contributed by atoms with Crippen LogP contribution in [0.25, 0.3) is 22.3 Å². The van der Waals surface area contributed by atoms with E-state index in [1.807, 2.05) is 54.6 Å². The van der Waals surface area contributed by atoms with E-state index in [4.69, 9.17) is 4.74 Å². The molecule has 0 amide bonds.